The number of hydrogen-bond donors (Lipinski definition) is 2. The molecule has 6 nitrogen and oxygen atoms in total. The Balaban J connectivity index is 1.34. The largest absolute Gasteiger partial charge is 0.354 e. The van der Waals surface area contributed by atoms with E-state index in [0.29, 0.717) is 6.54 Å². The monoisotopic (exact) mass is 331 g/mol. The van der Waals surface area contributed by atoms with Crippen molar-refractivity contribution in [2.45, 2.75) is 25.3 Å². The van der Waals surface area contributed by atoms with Crippen LogP contribution in [0.2, 0.25) is 0 Å². The quantitative estimate of drug-likeness (QED) is 0.880. The van der Waals surface area contributed by atoms with Crippen molar-refractivity contribution in [2.75, 3.05) is 24.5 Å². The third kappa shape index (κ3) is 4.66. The van der Waals surface area contributed by atoms with Crippen LogP contribution in [-0.4, -0.2) is 40.5 Å². The summed E-state index contributed by atoms with van der Waals surface area (Å²) >= 11 is 1.23. The second kappa shape index (κ2) is 7.92. The molecular weight excluding hydrogens is 310 g/mol. The van der Waals surface area contributed by atoms with Gasteiger partial charge in [0.25, 0.3) is 0 Å². The van der Waals surface area contributed by atoms with Crippen molar-refractivity contribution < 1.29 is 4.79 Å². The first-order valence-electron chi connectivity index (χ1n) is 7.92. The fourth-order valence-electron chi connectivity index (χ4n) is 2.75. The molecule has 0 spiro atoms. The summed E-state index contributed by atoms with van der Waals surface area (Å²) in [6, 6.07) is 10.3. The van der Waals surface area contributed by atoms with E-state index in [-0.39, 0.29) is 12.1 Å². The summed E-state index contributed by atoms with van der Waals surface area (Å²) < 4.78 is 8.28. The minimum absolute atomic E-state index is 0.0743. The van der Waals surface area contributed by atoms with E-state index in [9.17, 15) is 4.79 Å². The number of nitrogens with one attached hydrogen (secondary N) is 2. The van der Waals surface area contributed by atoms with Gasteiger partial charge in [0.15, 0.2) is 5.82 Å². The van der Waals surface area contributed by atoms with Gasteiger partial charge in [0.1, 0.15) is 0 Å². The minimum Gasteiger partial charge on any atom is -0.354 e. The summed E-state index contributed by atoms with van der Waals surface area (Å²) in [5.41, 5.74) is 1.23. The molecular formula is C16H21N5OS. The molecule has 2 heterocycles. The highest BCUT2D eigenvalue weighted by Gasteiger charge is 2.21. The number of aromatic nitrogens is 2. The molecule has 0 radical (unpaired) electrons. The first-order valence-corrected chi connectivity index (χ1v) is 8.65. The number of benzene rings is 1. The average Bonchev–Trinajstić information content (AvgIpc) is 3.11. The zero-order valence-electron chi connectivity index (χ0n) is 12.9. The van der Waals surface area contributed by atoms with Crippen LogP contribution in [-0.2, 0) is 6.42 Å². The lowest BCUT2D eigenvalue weighted by Gasteiger charge is -2.32. The van der Waals surface area contributed by atoms with Crippen molar-refractivity contribution in [1.29, 1.82) is 0 Å². The summed E-state index contributed by atoms with van der Waals surface area (Å²) in [6.45, 7) is 2.46. The maximum atomic E-state index is 12.0. The van der Waals surface area contributed by atoms with Crippen LogP contribution in [0.3, 0.4) is 0 Å². The first-order chi connectivity index (χ1) is 11.3. The summed E-state index contributed by atoms with van der Waals surface area (Å²) in [6.07, 6.45) is 4.52. The summed E-state index contributed by atoms with van der Waals surface area (Å²) in [7, 11) is 0. The predicted octanol–water partition coefficient (Wildman–Crippen LogP) is 2.05. The average molecular weight is 331 g/mol. The number of urea groups is 1. The van der Waals surface area contributed by atoms with E-state index in [1.54, 1.807) is 6.20 Å². The standard InChI is InChI=1S/C16H21N5OS/c22-16(17-9-6-13-4-2-1-3-5-13)19-14-7-10-21(11-8-14)15-12-18-23-20-15/h1-5,12,14H,6-11H2,(H2,17,19,22). The van der Waals surface area contributed by atoms with E-state index in [1.807, 2.05) is 18.2 Å². The molecule has 1 aromatic heterocycles. The van der Waals surface area contributed by atoms with Gasteiger partial charge >= 0.3 is 6.03 Å². The van der Waals surface area contributed by atoms with Crippen LogP contribution >= 0.6 is 11.7 Å². The molecule has 1 aliphatic heterocycles. The highest BCUT2D eigenvalue weighted by atomic mass is 32.1. The van der Waals surface area contributed by atoms with Gasteiger partial charge in [0.2, 0.25) is 0 Å². The number of nitrogens with zero attached hydrogens (tertiary/aromatic N) is 3. The van der Waals surface area contributed by atoms with Gasteiger partial charge in [-0.3, -0.25) is 0 Å². The lowest BCUT2D eigenvalue weighted by molar-refractivity contribution is 0.234. The molecule has 2 amide bonds. The molecule has 1 fully saturated rings. The minimum atomic E-state index is -0.0743. The molecule has 1 aliphatic rings. The molecule has 1 aromatic carbocycles. The highest BCUT2D eigenvalue weighted by Crippen LogP contribution is 2.17. The molecule has 2 aromatic rings. The summed E-state index contributed by atoms with van der Waals surface area (Å²) in [5, 5.41) is 5.99. The van der Waals surface area contributed by atoms with Crippen molar-refractivity contribution in [2.24, 2.45) is 0 Å². The van der Waals surface area contributed by atoms with Gasteiger partial charge in [-0.25, -0.2) is 4.79 Å². The fourth-order valence-corrected chi connectivity index (χ4v) is 3.19. The smallest absolute Gasteiger partial charge is 0.315 e. The van der Waals surface area contributed by atoms with Crippen molar-refractivity contribution in [3.05, 3.63) is 42.1 Å². The van der Waals surface area contributed by atoms with Crippen LogP contribution in [0.1, 0.15) is 18.4 Å². The Bertz CT molecular complexity index is 596. The van der Waals surface area contributed by atoms with Gasteiger partial charge in [-0.05, 0) is 24.8 Å². The number of rotatable bonds is 5. The van der Waals surface area contributed by atoms with Crippen LogP contribution in [0.5, 0.6) is 0 Å². The maximum absolute atomic E-state index is 12.0. The number of hydrogen-bond acceptors (Lipinski definition) is 5. The SMILES string of the molecule is O=C(NCCc1ccccc1)NC1CCN(c2cnsn2)CC1. The van der Waals surface area contributed by atoms with Crippen molar-refractivity contribution in [1.82, 2.24) is 19.4 Å². The van der Waals surface area contributed by atoms with Gasteiger partial charge in [-0.2, -0.15) is 8.75 Å². The predicted molar refractivity (Wildman–Crippen MR) is 91.8 cm³/mol. The van der Waals surface area contributed by atoms with Crippen LogP contribution in [0.4, 0.5) is 10.6 Å². The summed E-state index contributed by atoms with van der Waals surface area (Å²) in [4.78, 5) is 14.2. The van der Waals surface area contributed by atoms with Gasteiger partial charge < -0.3 is 15.5 Å². The van der Waals surface area contributed by atoms with E-state index in [2.05, 4.69) is 36.4 Å². The Labute approximate surface area is 140 Å². The van der Waals surface area contributed by atoms with E-state index < -0.39 is 0 Å². The number of carbonyl (C=O) groups excluding carboxylic acids is 1. The normalized spacial score (nSPS) is 15.4. The molecule has 7 heteroatoms. The Hall–Kier alpha value is -2.15. The number of piperidine rings is 1. The molecule has 23 heavy (non-hydrogen) atoms. The Morgan fingerprint density at radius 2 is 2.04 bits per heavy atom. The molecule has 0 aliphatic carbocycles. The van der Waals surface area contributed by atoms with Gasteiger partial charge in [-0.15, -0.1) is 0 Å². The van der Waals surface area contributed by atoms with E-state index in [4.69, 9.17) is 0 Å². The van der Waals surface area contributed by atoms with Crippen molar-refractivity contribution >= 4 is 23.6 Å². The molecule has 3 rings (SSSR count). The molecule has 0 unspecified atom stereocenters. The Morgan fingerprint density at radius 1 is 1.26 bits per heavy atom. The van der Waals surface area contributed by atoms with E-state index >= 15 is 0 Å². The molecule has 122 valence electrons. The Morgan fingerprint density at radius 3 is 2.74 bits per heavy atom. The molecule has 2 N–H and O–H groups in total. The van der Waals surface area contributed by atoms with E-state index in [0.717, 1.165) is 38.2 Å². The van der Waals surface area contributed by atoms with Crippen LogP contribution in [0.25, 0.3) is 0 Å². The van der Waals surface area contributed by atoms with Crippen molar-refractivity contribution in [3.8, 4) is 0 Å². The number of carbonyl (C=O) groups is 1. The first kappa shape index (κ1) is 15.7. The van der Waals surface area contributed by atoms with E-state index in [1.165, 1.54) is 17.3 Å². The Kier molecular flexibility index (Phi) is 5.42. The van der Waals surface area contributed by atoms with Crippen molar-refractivity contribution in [3.63, 3.8) is 0 Å². The van der Waals surface area contributed by atoms with Gasteiger partial charge in [0, 0.05) is 25.7 Å². The van der Waals surface area contributed by atoms with Crippen LogP contribution in [0.15, 0.2) is 36.5 Å². The zero-order chi connectivity index (χ0) is 15.9. The number of anilines is 1. The summed E-state index contributed by atoms with van der Waals surface area (Å²) in [5.74, 6) is 0.945. The second-order valence-corrected chi connectivity index (χ2v) is 6.22. The lowest BCUT2D eigenvalue weighted by atomic mass is 10.1. The fraction of sp³-hybridized carbons (Fsp3) is 0.438. The second-order valence-electron chi connectivity index (χ2n) is 5.66. The third-order valence-corrected chi connectivity index (χ3v) is 4.51. The topological polar surface area (TPSA) is 70.2 Å². The van der Waals surface area contributed by atoms with Crippen LogP contribution < -0.4 is 15.5 Å². The maximum Gasteiger partial charge on any atom is 0.315 e. The third-order valence-electron chi connectivity index (χ3n) is 4.05. The molecule has 0 saturated carbocycles. The molecule has 0 bridgehead atoms. The van der Waals surface area contributed by atoms with Gasteiger partial charge in [-0.1, -0.05) is 30.3 Å². The lowest BCUT2D eigenvalue weighted by Crippen LogP contribution is -2.48. The van der Waals surface area contributed by atoms with Gasteiger partial charge in [0.05, 0.1) is 17.9 Å². The highest BCUT2D eigenvalue weighted by molar-refractivity contribution is 6.99. The van der Waals surface area contributed by atoms with Crippen LogP contribution in [0, 0.1) is 0 Å². The zero-order valence-corrected chi connectivity index (χ0v) is 13.8. The number of amides is 2. The molecule has 1 saturated heterocycles. The molecule has 0 atom stereocenters.